The summed E-state index contributed by atoms with van der Waals surface area (Å²) in [5, 5.41) is -2.64. The number of rotatable bonds is 48. The first kappa shape index (κ1) is 64.4. The summed E-state index contributed by atoms with van der Waals surface area (Å²) in [6.45, 7) is 7.27. The lowest BCUT2D eigenvalue weighted by atomic mass is 10.2. The molecular weight excluding hydrogens is 925 g/mol. The van der Waals surface area contributed by atoms with Crippen LogP contribution < -0.4 is 0 Å². The zero-order valence-corrected chi connectivity index (χ0v) is 41.6. The van der Waals surface area contributed by atoms with Crippen molar-refractivity contribution in [2.75, 3.05) is 158 Å². The first-order valence-electron chi connectivity index (χ1n) is 23.6. The van der Waals surface area contributed by atoms with Crippen LogP contribution in [0.15, 0.2) is 0 Å². The van der Waals surface area contributed by atoms with Crippen LogP contribution in [0.5, 0.6) is 0 Å². The number of esters is 4. The van der Waals surface area contributed by atoms with E-state index in [4.69, 9.17) is 56.8 Å². The fourth-order valence-electron chi connectivity index (χ4n) is 5.19. The van der Waals surface area contributed by atoms with E-state index in [0.29, 0.717) is 62.7 Å². The molecule has 0 heterocycles. The van der Waals surface area contributed by atoms with Crippen molar-refractivity contribution in [1.82, 2.24) is 9.80 Å². The molecule has 0 aromatic rings. The maximum atomic E-state index is 13.9. The van der Waals surface area contributed by atoms with Gasteiger partial charge in [0, 0.05) is 26.4 Å². The Morgan fingerprint density at radius 3 is 0.868 bits per heavy atom. The molecule has 0 spiro atoms. The Hall–Kier alpha value is -3.59. The maximum Gasteiger partial charge on any atom is 0.325 e. The van der Waals surface area contributed by atoms with E-state index in [1.54, 1.807) is 0 Å². The van der Waals surface area contributed by atoms with Crippen LogP contribution in [0.2, 0.25) is 0 Å². The van der Waals surface area contributed by atoms with E-state index in [-0.39, 0.29) is 79.3 Å². The number of amides is 2. The molecule has 0 aliphatic rings. The zero-order chi connectivity index (χ0) is 50.5. The SMILES string of the molecule is CCCCOCCOCCOC(=O)CN(CC(=O)OCCOCCOCCCC)C(=O)CC(C(=O)N(CC(=O)OCCOCCOCCCC)CC(=O)OCCOCCOCCCC)S(=O)(=O)O. The van der Waals surface area contributed by atoms with Crippen LogP contribution >= 0.6 is 0 Å². The minimum Gasteiger partial charge on any atom is -0.462 e. The van der Waals surface area contributed by atoms with Gasteiger partial charge in [-0.15, -0.1) is 0 Å². The van der Waals surface area contributed by atoms with Gasteiger partial charge in [0.15, 0.2) is 5.25 Å². The Morgan fingerprint density at radius 2 is 0.618 bits per heavy atom. The highest BCUT2D eigenvalue weighted by molar-refractivity contribution is 7.87. The van der Waals surface area contributed by atoms with Gasteiger partial charge in [0.25, 0.3) is 10.1 Å². The normalized spacial score (nSPS) is 11.8. The van der Waals surface area contributed by atoms with Gasteiger partial charge in [-0.05, 0) is 25.7 Å². The Balaban J connectivity index is 5.95. The molecular formula is C44H80N2O21S. The summed E-state index contributed by atoms with van der Waals surface area (Å²) in [7, 11) is -5.49. The zero-order valence-electron chi connectivity index (χ0n) is 40.8. The standard InChI is InChI=1S/C44H80N2O21S/c1-5-9-13-56-17-21-60-25-29-64-40(48)34-45(35-41(49)65-30-26-61-22-18-57-14-10-6-2)39(47)33-38(68(53,54)55)44(52)46(36-42(50)66-31-27-62-23-19-58-15-11-7-3)37-43(51)67-32-28-63-24-20-59-16-12-8-4/h38H,5-37H2,1-4H3,(H,53,54,55). The third kappa shape index (κ3) is 38.3. The molecule has 1 atom stereocenters. The van der Waals surface area contributed by atoms with Gasteiger partial charge in [-0.25, -0.2) is 0 Å². The van der Waals surface area contributed by atoms with E-state index in [0.717, 1.165) is 51.4 Å². The fraction of sp³-hybridized carbons (Fsp3) is 0.864. The van der Waals surface area contributed by atoms with Gasteiger partial charge < -0.3 is 66.6 Å². The lowest BCUT2D eigenvalue weighted by Crippen LogP contribution is -2.50. The largest absolute Gasteiger partial charge is 0.462 e. The van der Waals surface area contributed by atoms with Gasteiger partial charge in [0.05, 0.1) is 85.7 Å². The summed E-state index contributed by atoms with van der Waals surface area (Å²) in [6.07, 6.45) is 6.06. The molecule has 0 radical (unpaired) electrons. The number of nitrogens with zero attached hydrogens (tertiary/aromatic N) is 2. The van der Waals surface area contributed by atoms with Crippen LogP contribution in [0.1, 0.15) is 85.5 Å². The second-order valence-electron chi connectivity index (χ2n) is 14.8. The Bertz CT molecular complexity index is 1370. The first-order valence-corrected chi connectivity index (χ1v) is 25.1. The molecule has 0 rings (SSSR count). The molecule has 0 bridgehead atoms. The van der Waals surface area contributed by atoms with Crippen molar-refractivity contribution in [1.29, 1.82) is 0 Å². The highest BCUT2D eigenvalue weighted by Crippen LogP contribution is 2.13. The van der Waals surface area contributed by atoms with Crippen LogP contribution in [0.25, 0.3) is 0 Å². The van der Waals surface area contributed by atoms with Crippen molar-refractivity contribution in [3.05, 3.63) is 0 Å². The molecule has 0 saturated heterocycles. The van der Waals surface area contributed by atoms with Gasteiger partial charge in [0.1, 0.15) is 52.6 Å². The van der Waals surface area contributed by atoms with Crippen molar-refractivity contribution in [3.63, 3.8) is 0 Å². The van der Waals surface area contributed by atoms with Crippen molar-refractivity contribution in [2.45, 2.75) is 90.7 Å². The summed E-state index contributed by atoms with van der Waals surface area (Å²) < 4.78 is 99.5. The third-order valence-electron chi connectivity index (χ3n) is 8.96. The predicted molar refractivity (Wildman–Crippen MR) is 243 cm³/mol. The van der Waals surface area contributed by atoms with E-state index >= 15 is 0 Å². The van der Waals surface area contributed by atoms with Crippen LogP contribution in [0.3, 0.4) is 0 Å². The molecule has 68 heavy (non-hydrogen) atoms. The van der Waals surface area contributed by atoms with Gasteiger partial charge in [-0.1, -0.05) is 53.4 Å². The van der Waals surface area contributed by atoms with Gasteiger partial charge in [-0.3, -0.25) is 33.3 Å². The molecule has 0 saturated carbocycles. The smallest absolute Gasteiger partial charge is 0.325 e. The average Bonchev–Trinajstić information content (AvgIpc) is 3.30. The third-order valence-corrected chi connectivity index (χ3v) is 10.0. The maximum absolute atomic E-state index is 13.9. The molecule has 23 nitrogen and oxygen atoms in total. The Morgan fingerprint density at radius 1 is 0.382 bits per heavy atom. The lowest BCUT2D eigenvalue weighted by Gasteiger charge is -2.26. The summed E-state index contributed by atoms with van der Waals surface area (Å²) in [5.74, 6) is -7.16. The van der Waals surface area contributed by atoms with Gasteiger partial charge in [0.2, 0.25) is 11.8 Å². The van der Waals surface area contributed by atoms with E-state index in [9.17, 15) is 41.7 Å². The van der Waals surface area contributed by atoms with E-state index in [1.165, 1.54) is 0 Å². The van der Waals surface area contributed by atoms with Crippen molar-refractivity contribution < 1.29 is 98.6 Å². The quantitative estimate of drug-likeness (QED) is 0.0394. The number of unbranched alkanes of at least 4 members (excludes halogenated alkanes) is 4. The highest BCUT2D eigenvalue weighted by atomic mass is 32.2. The molecule has 24 heteroatoms. The lowest BCUT2D eigenvalue weighted by molar-refractivity contribution is -0.157. The van der Waals surface area contributed by atoms with Crippen molar-refractivity contribution in [3.8, 4) is 0 Å². The van der Waals surface area contributed by atoms with Crippen molar-refractivity contribution >= 4 is 45.8 Å². The minimum atomic E-state index is -5.49. The summed E-state index contributed by atoms with van der Waals surface area (Å²) in [6, 6.07) is 0. The highest BCUT2D eigenvalue weighted by Gasteiger charge is 2.40. The molecule has 2 amide bonds. The van der Waals surface area contributed by atoms with Crippen LogP contribution in [-0.4, -0.2) is 222 Å². The Kier molecular flexibility index (Phi) is 42.3. The van der Waals surface area contributed by atoms with Crippen LogP contribution in [-0.2, 0) is 95.7 Å². The fourth-order valence-corrected chi connectivity index (χ4v) is 5.95. The van der Waals surface area contributed by atoms with Crippen molar-refractivity contribution in [2.24, 2.45) is 0 Å². The summed E-state index contributed by atoms with van der Waals surface area (Å²) in [5.41, 5.74) is 0. The first-order chi connectivity index (χ1) is 32.8. The van der Waals surface area contributed by atoms with Crippen LogP contribution in [0, 0.1) is 0 Å². The number of hydrogen-bond donors (Lipinski definition) is 1. The number of ether oxygens (including phenoxy) is 12. The summed E-state index contributed by atoms with van der Waals surface area (Å²) in [4.78, 5) is 80.2. The monoisotopic (exact) mass is 1000 g/mol. The average molecular weight is 1010 g/mol. The second kappa shape index (κ2) is 44.6. The molecule has 398 valence electrons. The molecule has 0 aliphatic carbocycles. The molecule has 1 unspecified atom stereocenters. The number of hydrogen-bond acceptors (Lipinski definition) is 20. The minimum absolute atomic E-state index is 0.0369. The number of carbonyl (C=O) groups excluding carboxylic acids is 6. The molecule has 0 aromatic carbocycles. The summed E-state index contributed by atoms with van der Waals surface area (Å²) >= 11 is 0. The van der Waals surface area contributed by atoms with Crippen LogP contribution in [0.4, 0.5) is 0 Å². The van der Waals surface area contributed by atoms with E-state index in [1.807, 2.05) is 27.7 Å². The molecule has 1 N–H and O–H groups in total. The predicted octanol–water partition coefficient (Wildman–Crippen LogP) is 1.80. The molecule has 0 aromatic heterocycles. The molecule has 0 fully saturated rings. The molecule has 0 aliphatic heterocycles. The Labute approximate surface area is 402 Å². The second-order valence-corrected chi connectivity index (χ2v) is 16.4. The number of carbonyl (C=O) groups is 6. The van der Waals surface area contributed by atoms with E-state index in [2.05, 4.69) is 0 Å². The van der Waals surface area contributed by atoms with E-state index < -0.39 is 83.7 Å². The topological polar surface area (TPSA) is 274 Å². The van der Waals surface area contributed by atoms with Gasteiger partial charge >= 0.3 is 23.9 Å². The van der Waals surface area contributed by atoms with Gasteiger partial charge in [-0.2, -0.15) is 8.42 Å².